The molecule has 110 valence electrons. The van der Waals surface area contributed by atoms with Crippen LogP contribution in [0.15, 0.2) is 73.3 Å². The SMILES string of the molecule is C=CCCCC(NC)C(c1ccccc1)c1ccccc1. The topological polar surface area (TPSA) is 12.0 Å². The highest BCUT2D eigenvalue weighted by Gasteiger charge is 2.22. The van der Waals surface area contributed by atoms with Crippen LogP contribution in [0.25, 0.3) is 0 Å². The standard InChI is InChI=1S/C20H25N/c1-3-4-7-16-19(21-2)20(17-12-8-5-9-13-17)18-14-10-6-11-15-18/h3,5-6,8-15,19-21H,1,4,7,16H2,2H3. The highest BCUT2D eigenvalue weighted by molar-refractivity contribution is 5.34. The lowest BCUT2D eigenvalue weighted by Crippen LogP contribution is -2.32. The van der Waals surface area contributed by atoms with Crippen LogP contribution in [0.1, 0.15) is 36.3 Å². The Bertz CT molecular complexity index is 479. The summed E-state index contributed by atoms with van der Waals surface area (Å²) in [6.45, 7) is 3.82. The van der Waals surface area contributed by atoms with Crippen molar-refractivity contribution in [2.75, 3.05) is 7.05 Å². The van der Waals surface area contributed by atoms with Gasteiger partial charge in [0.05, 0.1) is 0 Å². The maximum Gasteiger partial charge on any atom is 0.0243 e. The molecule has 2 aromatic carbocycles. The molecule has 0 aliphatic heterocycles. The zero-order chi connectivity index (χ0) is 14.9. The van der Waals surface area contributed by atoms with Gasteiger partial charge in [-0.1, -0.05) is 66.7 Å². The second kappa shape index (κ2) is 8.43. The molecule has 0 fully saturated rings. The molecule has 0 bridgehead atoms. The molecule has 0 saturated carbocycles. The van der Waals surface area contributed by atoms with Gasteiger partial charge in [0.2, 0.25) is 0 Å². The van der Waals surface area contributed by atoms with Gasteiger partial charge in [0.1, 0.15) is 0 Å². The summed E-state index contributed by atoms with van der Waals surface area (Å²) < 4.78 is 0. The van der Waals surface area contributed by atoms with Crippen molar-refractivity contribution < 1.29 is 0 Å². The number of benzene rings is 2. The van der Waals surface area contributed by atoms with Crippen LogP contribution in [-0.2, 0) is 0 Å². The second-order valence-corrected chi connectivity index (χ2v) is 5.41. The molecule has 1 N–H and O–H groups in total. The molecule has 0 heterocycles. The fourth-order valence-electron chi connectivity index (χ4n) is 2.94. The van der Waals surface area contributed by atoms with Gasteiger partial charge in [0, 0.05) is 12.0 Å². The number of hydrogen-bond acceptors (Lipinski definition) is 1. The summed E-state index contributed by atoms with van der Waals surface area (Å²) >= 11 is 0. The van der Waals surface area contributed by atoms with Crippen molar-refractivity contribution in [3.8, 4) is 0 Å². The van der Waals surface area contributed by atoms with Gasteiger partial charge in [-0.2, -0.15) is 0 Å². The quantitative estimate of drug-likeness (QED) is 0.542. The van der Waals surface area contributed by atoms with Crippen LogP contribution in [-0.4, -0.2) is 13.1 Å². The molecule has 2 rings (SSSR count). The maximum atomic E-state index is 3.82. The van der Waals surface area contributed by atoms with Gasteiger partial charge in [0.25, 0.3) is 0 Å². The van der Waals surface area contributed by atoms with Gasteiger partial charge in [-0.05, 0) is 37.4 Å². The lowest BCUT2D eigenvalue weighted by Gasteiger charge is -2.28. The third-order valence-corrected chi connectivity index (χ3v) is 4.01. The van der Waals surface area contributed by atoms with E-state index < -0.39 is 0 Å². The summed E-state index contributed by atoms with van der Waals surface area (Å²) in [5.74, 6) is 0.391. The molecule has 1 nitrogen and oxygen atoms in total. The Morgan fingerprint density at radius 3 is 1.90 bits per heavy atom. The Hall–Kier alpha value is -1.86. The van der Waals surface area contributed by atoms with Gasteiger partial charge in [0.15, 0.2) is 0 Å². The van der Waals surface area contributed by atoms with Crippen LogP contribution in [0.3, 0.4) is 0 Å². The van der Waals surface area contributed by atoms with E-state index in [4.69, 9.17) is 0 Å². The molecular formula is C20H25N. The van der Waals surface area contributed by atoms with Gasteiger partial charge >= 0.3 is 0 Å². The molecule has 0 aliphatic rings. The molecule has 1 atom stereocenters. The predicted octanol–water partition coefficient (Wildman–Crippen LogP) is 4.76. The van der Waals surface area contributed by atoms with Crippen LogP contribution in [0.4, 0.5) is 0 Å². The Labute approximate surface area is 128 Å². The van der Waals surface area contributed by atoms with E-state index in [1.807, 2.05) is 6.08 Å². The van der Waals surface area contributed by atoms with Crippen LogP contribution in [0.5, 0.6) is 0 Å². The molecule has 21 heavy (non-hydrogen) atoms. The average Bonchev–Trinajstić information content (AvgIpc) is 2.56. The lowest BCUT2D eigenvalue weighted by atomic mass is 9.83. The molecule has 0 radical (unpaired) electrons. The molecule has 1 unspecified atom stereocenters. The highest BCUT2D eigenvalue weighted by Crippen LogP contribution is 2.30. The zero-order valence-electron chi connectivity index (χ0n) is 12.8. The Balaban J connectivity index is 2.28. The van der Waals surface area contributed by atoms with E-state index in [1.165, 1.54) is 17.5 Å². The lowest BCUT2D eigenvalue weighted by molar-refractivity contribution is 0.461. The van der Waals surface area contributed by atoms with E-state index in [9.17, 15) is 0 Å². The molecule has 0 aliphatic carbocycles. The minimum atomic E-state index is 0.391. The number of likely N-dealkylation sites (N-methyl/N-ethyl adjacent to an activating group) is 1. The molecule has 0 aromatic heterocycles. The van der Waals surface area contributed by atoms with Crippen molar-refractivity contribution in [3.63, 3.8) is 0 Å². The summed E-state index contributed by atoms with van der Waals surface area (Å²) in [5, 5.41) is 3.52. The maximum absolute atomic E-state index is 3.82. The number of allylic oxidation sites excluding steroid dienone is 1. The minimum Gasteiger partial charge on any atom is -0.316 e. The van der Waals surface area contributed by atoms with Crippen molar-refractivity contribution in [1.82, 2.24) is 5.32 Å². The van der Waals surface area contributed by atoms with Crippen LogP contribution < -0.4 is 5.32 Å². The van der Waals surface area contributed by atoms with Crippen molar-refractivity contribution in [1.29, 1.82) is 0 Å². The monoisotopic (exact) mass is 279 g/mol. The van der Waals surface area contributed by atoms with Crippen LogP contribution >= 0.6 is 0 Å². The fourth-order valence-corrected chi connectivity index (χ4v) is 2.94. The summed E-state index contributed by atoms with van der Waals surface area (Å²) in [6.07, 6.45) is 5.41. The van der Waals surface area contributed by atoms with Crippen LogP contribution in [0, 0.1) is 0 Å². The van der Waals surface area contributed by atoms with Crippen molar-refractivity contribution in [2.45, 2.75) is 31.2 Å². The molecule has 0 saturated heterocycles. The van der Waals surface area contributed by atoms with Crippen LogP contribution in [0.2, 0.25) is 0 Å². The number of nitrogens with one attached hydrogen (secondary N) is 1. The Morgan fingerprint density at radius 2 is 1.48 bits per heavy atom. The first-order valence-corrected chi connectivity index (χ1v) is 7.75. The van der Waals surface area contributed by atoms with Gasteiger partial charge in [-0.3, -0.25) is 0 Å². The van der Waals surface area contributed by atoms with Gasteiger partial charge in [-0.15, -0.1) is 6.58 Å². The third kappa shape index (κ3) is 4.30. The first kappa shape index (κ1) is 15.5. The van der Waals surface area contributed by atoms with E-state index >= 15 is 0 Å². The summed E-state index contributed by atoms with van der Waals surface area (Å²) in [7, 11) is 2.07. The minimum absolute atomic E-state index is 0.391. The Kier molecular flexibility index (Phi) is 6.23. The summed E-state index contributed by atoms with van der Waals surface area (Å²) in [4.78, 5) is 0. The normalized spacial score (nSPS) is 12.3. The van der Waals surface area contributed by atoms with E-state index in [2.05, 4.69) is 79.6 Å². The third-order valence-electron chi connectivity index (χ3n) is 4.01. The fraction of sp³-hybridized carbons (Fsp3) is 0.300. The molecule has 0 spiro atoms. The van der Waals surface area contributed by atoms with E-state index in [0.717, 1.165) is 12.8 Å². The number of unbranched alkanes of at least 4 members (excludes halogenated alkanes) is 1. The highest BCUT2D eigenvalue weighted by atomic mass is 14.9. The van der Waals surface area contributed by atoms with E-state index in [-0.39, 0.29) is 0 Å². The Morgan fingerprint density at radius 1 is 0.952 bits per heavy atom. The largest absolute Gasteiger partial charge is 0.316 e. The van der Waals surface area contributed by atoms with Crippen molar-refractivity contribution in [3.05, 3.63) is 84.4 Å². The number of hydrogen-bond donors (Lipinski definition) is 1. The van der Waals surface area contributed by atoms with E-state index in [0.29, 0.717) is 12.0 Å². The molecular weight excluding hydrogens is 254 g/mol. The summed E-state index contributed by atoms with van der Waals surface area (Å²) in [5.41, 5.74) is 2.75. The summed E-state index contributed by atoms with van der Waals surface area (Å²) in [6, 6.07) is 22.0. The first-order chi connectivity index (χ1) is 10.4. The first-order valence-electron chi connectivity index (χ1n) is 7.75. The van der Waals surface area contributed by atoms with Gasteiger partial charge in [-0.25, -0.2) is 0 Å². The smallest absolute Gasteiger partial charge is 0.0243 e. The number of rotatable bonds is 8. The van der Waals surface area contributed by atoms with Crippen molar-refractivity contribution in [2.24, 2.45) is 0 Å². The molecule has 0 amide bonds. The predicted molar refractivity (Wildman–Crippen MR) is 91.6 cm³/mol. The second-order valence-electron chi connectivity index (χ2n) is 5.41. The van der Waals surface area contributed by atoms with Gasteiger partial charge < -0.3 is 5.32 Å². The van der Waals surface area contributed by atoms with E-state index in [1.54, 1.807) is 0 Å². The zero-order valence-corrected chi connectivity index (χ0v) is 12.8. The average molecular weight is 279 g/mol. The van der Waals surface area contributed by atoms with Crippen molar-refractivity contribution >= 4 is 0 Å². The molecule has 1 heteroatoms. The molecule has 2 aromatic rings.